The molecule has 0 saturated carbocycles. The number of ketones is 1. The number of anilines is 2. The second-order valence-corrected chi connectivity index (χ2v) is 15.1. The first kappa shape index (κ1) is 44.3. The summed E-state index contributed by atoms with van der Waals surface area (Å²) in [6.07, 6.45) is 32.2. The van der Waals surface area contributed by atoms with Gasteiger partial charge in [-0.05, 0) is 58.7 Å². The topological polar surface area (TPSA) is 69.7 Å². The fraction of sp³-hybridized carbons (Fsp3) is 0.881. The minimum Gasteiger partial charge on any atom is -0.380 e. The predicted octanol–water partition coefficient (Wildman–Crippen LogP) is 10.8. The van der Waals surface area contributed by atoms with Crippen LogP contribution in [0.15, 0.2) is 9.59 Å². The van der Waals surface area contributed by atoms with Gasteiger partial charge in [0.15, 0.2) is 0 Å². The van der Waals surface area contributed by atoms with Crippen LogP contribution in [0.4, 0.5) is 11.4 Å². The van der Waals surface area contributed by atoms with Gasteiger partial charge < -0.3 is 15.1 Å². The van der Waals surface area contributed by atoms with Crippen molar-refractivity contribution in [2.45, 2.75) is 194 Å². The zero-order valence-electron chi connectivity index (χ0n) is 32.6. The standard InChI is InChI=1S/C42H79N3O3/c1-6-9-11-13-17-23-31-38(46)32-24-18-15-20-26-36-45(40-39(41(47)42(40)48)43-33-27-34-44(4)5)35-25-19-14-16-22-30-37(28-8-3)29-21-12-10-7-2/h37,43H,6-36H2,1-5H3. The maximum atomic E-state index is 12.8. The Morgan fingerprint density at radius 1 is 0.542 bits per heavy atom. The minimum atomic E-state index is -0.346. The molecule has 280 valence electrons. The molecule has 0 amide bonds. The first-order valence-corrected chi connectivity index (χ1v) is 20.8. The molecule has 1 aromatic carbocycles. The number of carbonyl (C=O) groups excluding carboxylic acids is 1. The molecule has 0 radical (unpaired) electrons. The van der Waals surface area contributed by atoms with Crippen LogP contribution in [0.25, 0.3) is 0 Å². The molecule has 0 heterocycles. The lowest BCUT2D eigenvalue weighted by Gasteiger charge is -2.28. The van der Waals surface area contributed by atoms with Gasteiger partial charge in [0.25, 0.3) is 10.9 Å². The van der Waals surface area contributed by atoms with Gasteiger partial charge in [0.2, 0.25) is 0 Å². The maximum Gasteiger partial charge on any atom is 0.253 e. The van der Waals surface area contributed by atoms with E-state index in [0.29, 0.717) is 23.7 Å². The number of carbonyl (C=O) groups is 1. The quantitative estimate of drug-likeness (QED) is 0.0565. The summed E-state index contributed by atoms with van der Waals surface area (Å²) in [7, 11) is 4.11. The summed E-state index contributed by atoms with van der Waals surface area (Å²) in [5.41, 5.74) is 0.524. The molecule has 1 atom stereocenters. The number of hydrogen-bond acceptors (Lipinski definition) is 6. The van der Waals surface area contributed by atoms with Crippen LogP contribution < -0.4 is 21.1 Å². The molecule has 0 bridgehead atoms. The molecule has 6 nitrogen and oxygen atoms in total. The molecule has 0 saturated heterocycles. The zero-order chi connectivity index (χ0) is 35.2. The normalized spacial score (nSPS) is 12.3. The van der Waals surface area contributed by atoms with Crippen LogP contribution in [-0.2, 0) is 4.79 Å². The summed E-state index contributed by atoms with van der Waals surface area (Å²) < 4.78 is 0. The average Bonchev–Trinajstić information content (AvgIpc) is 3.07. The molecule has 0 fully saturated rings. The number of Topliss-reactive ketones (excluding diaryl/α,β-unsaturated/α-hetero) is 1. The van der Waals surface area contributed by atoms with Gasteiger partial charge in [-0.25, -0.2) is 0 Å². The van der Waals surface area contributed by atoms with E-state index in [1.807, 2.05) is 0 Å². The molecule has 48 heavy (non-hydrogen) atoms. The van der Waals surface area contributed by atoms with Crippen molar-refractivity contribution >= 4 is 17.2 Å². The molecule has 0 aliphatic rings. The molecule has 1 rings (SSSR count). The Morgan fingerprint density at radius 2 is 1.02 bits per heavy atom. The molecule has 1 aromatic rings. The van der Waals surface area contributed by atoms with Gasteiger partial charge in [-0.15, -0.1) is 0 Å². The van der Waals surface area contributed by atoms with Gasteiger partial charge in [0, 0.05) is 32.5 Å². The Labute approximate surface area is 297 Å². The van der Waals surface area contributed by atoms with Crippen LogP contribution in [0.3, 0.4) is 0 Å². The third-order valence-corrected chi connectivity index (χ3v) is 10.2. The van der Waals surface area contributed by atoms with Crippen LogP contribution in [-0.4, -0.2) is 51.0 Å². The van der Waals surface area contributed by atoms with Gasteiger partial charge in [-0.3, -0.25) is 14.4 Å². The number of nitrogens with one attached hydrogen (secondary N) is 1. The largest absolute Gasteiger partial charge is 0.380 e. The summed E-state index contributed by atoms with van der Waals surface area (Å²) in [6.45, 7) is 10.2. The number of rotatable bonds is 36. The Morgan fingerprint density at radius 3 is 1.54 bits per heavy atom. The van der Waals surface area contributed by atoms with Crippen molar-refractivity contribution in [2.75, 3.05) is 50.5 Å². The van der Waals surface area contributed by atoms with Crippen LogP contribution in [0.2, 0.25) is 0 Å². The van der Waals surface area contributed by atoms with Crippen molar-refractivity contribution in [1.29, 1.82) is 0 Å². The summed E-state index contributed by atoms with van der Waals surface area (Å²) in [6, 6.07) is 0. The Kier molecular flexibility index (Phi) is 27.9. The Hall–Kier alpha value is -1.69. The van der Waals surface area contributed by atoms with Crippen LogP contribution in [0, 0.1) is 5.92 Å². The van der Waals surface area contributed by atoms with E-state index < -0.39 is 0 Å². The minimum absolute atomic E-state index is 0.310. The number of nitrogens with zero attached hydrogens (tertiary/aromatic N) is 2. The highest BCUT2D eigenvalue weighted by Crippen LogP contribution is 2.24. The van der Waals surface area contributed by atoms with Crippen molar-refractivity contribution in [3.8, 4) is 0 Å². The molecular formula is C42H79N3O3. The maximum absolute atomic E-state index is 12.8. The van der Waals surface area contributed by atoms with E-state index in [1.54, 1.807) is 0 Å². The Balaban J connectivity index is 2.48. The molecule has 1 unspecified atom stereocenters. The monoisotopic (exact) mass is 674 g/mol. The van der Waals surface area contributed by atoms with E-state index in [4.69, 9.17) is 0 Å². The second-order valence-electron chi connectivity index (χ2n) is 15.1. The summed E-state index contributed by atoms with van der Waals surface area (Å²) in [4.78, 5) is 42.0. The van der Waals surface area contributed by atoms with E-state index in [-0.39, 0.29) is 10.9 Å². The summed E-state index contributed by atoms with van der Waals surface area (Å²) in [5, 5.41) is 3.31. The summed E-state index contributed by atoms with van der Waals surface area (Å²) in [5.74, 6) is 1.34. The zero-order valence-corrected chi connectivity index (χ0v) is 32.6. The van der Waals surface area contributed by atoms with Crippen molar-refractivity contribution < 1.29 is 4.79 Å². The van der Waals surface area contributed by atoms with Gasteiger partial charge >= 0.3 is 0 Å². The van der Waals surface area contributed by atoms with Crippen LogP contribution >= 0.6 is 0 Å². The number of unbranched alkanes of at least 4 members (excludes halogenated alkanes) is 16. The van der Waals surface area contributed by atoms with Gasteiger partial charge in [-0.2, -0.15) is 0 Å². The second kappa shape index (κ2) is 30.2. The molecule has 0 aliphatic heterocycles. The van der Waals surface area contributed by atoms with Gasteiger partial charge in [-0.1, -0.05) is 149 Å². The molecule has 0 aromatic heterocycles. The average molecular weight is 674 g/mol. The van der Waals surface area contributed by atoms with Crippen molar-refractivity contribution in [3.05, 3.63) is 20.4 Å². The third-order valence-electron chi connectivity index (χ3n) is 10.2. The lowest BCUT2D eigenvalue weighted by atomic mass is 9.91. The van der Waals surface area contributed by atoms with Gasteiger partial charge in [0.1, 0.15) is 17.2 Å². The molecule has 0 aliphatic carbocycles. The first-order chi connectivity index (χ1) is 23.3. The molecular weight excluding hydrogens is 594 g/mol. The van der Waals surface area contributed by atoms with Crippen LogP contribution in [0.5, 0.6) is 0 Å². The predicted molar refractivity (Wildman–Crippen MR) is 211 cm³/mol. The Bertz CT molecular complexity index is 968. The molecule has 0 spiro atoms. The highest BCUT2D eigenvalue weighted by molar-refractivity contribution is 5.78. The van der Waals surface area contributed by atoms with Crippen LogP contribution in [0.1, 0.15) is 194 Å². The highest BCUT2D eigenvalue weighted by Gasteiger charge is 2.25. The van der Waals surface area contributed by atoms with E-state index in [1.165, 1.54) is 109 Å². The molecule has 6 heteroatoms. The number of hydrogen-bond donors (Lipinski definition) is 1. The van der Waals surface area contributed by atoms with Crippen molar-refractivity contribution in [3.63, 3.8) is 0 Å². The van der Waals surface area contributed by atoms with E-state index in [2.05, 4.69) is 50.0 Å². The smallest absolute Gasteiger partial charge is 0.253 e. The summed E-state index contributed by atoms with van der Waals surface area (Å²) >= 11 is 0. The van der Waals surface area contributed by atoms with Gasteiger partial charge in [0.05, 0.1) is 0 Å². The van der Waals surface area contributed by atoms with Crippen molar-refractivity contribution in [2.24, 2.45) is 5.92 Å². The highest BCUT2D eigenvalue weighted by atomic mass is 16.2. The van der Waals surface area contributed by atoms with Crippen molar-refractivity contribution in [1.82, 2.24) is 4.90 Å². The van der Waals surface area contributed by atoms with E-state index >= 15 is 0 Å². The van der Waals surface area contributed by atoms with E-state index in [0.717, 1.165) is 89.8 Å². The fourth-order valence-corrected chi connectivity index (χ4v) is 7.14. The lowest BCUT2D eigenvalue weighted by molar-refractivity contribution is -0.119. The first-order valence-electron chi connectivity index (χ1n) is 20.8. The third kappa shape index (κ3) is 21.4. The SMILES string of the molecule is CCCCCCCCC(=O)CCCCCCCN(CCCCCCCC(CCC)CCCCCC)c1c(NCCCN(C)C)c(=O)c1=O. The van der Waals surface area contributed by atoms with E-state index in [9.17, 15) is 14.4 Å². The lowest BCUT2D eigenvalue weighted by Crippen LogP contribution is -2.43. The molecule has 1 N–H and O–H groups in total. The fourth-order valence-electron chi connectivity index (χ4n) is 7.14.